The molecule has 0 saturated heterocycles. The SMILES string of the molecule is CCN(C(=O)OCCCF)C(C)c1ccc(F)cc1. The van der Waals surface area contributed by atoms with Gasteiger partial charge in [-0.05, 0) is 31.5 Å². The van der Waals surface area contributed by atoms with E-state index in [1.807, 2.05) is 13.8 Å². The normalized spacial score (nSPS) is 12.0. The van der Waals surface area contributed by atoms with Crippen LogP contribution in [0.2, 0.25) is 0 Å². The Kier molecular flexibility index (Phi) is 6.25. The van der Waals surface area contributed by atoms with Crippen molar-refractivity contribution in [1.82, 2.24) is 4.90 Å². The maximum atomic E-state index is 12.9. The van der Waals surface area contributed by atoms with Gasteiger partial charge in [0.2, 0.25) is 0 Å². The number of rotatable bonds is 6. The quantitative estimate of drug-likeness (QED) is 0.738. The summed E-state index contributed by atoms with van der Waals surface area (Å²) in [6, 6.07) is 5.76. The van der Waals surface area contributed by atoms with E-state index in [-0.39, 0.29) is 24.9 Å². The van der Waals surface area contributed by atoms with Gasteiger partial charge in [0.05, 0.1) is 19.3 Å². The molecule has 0 saturated carbocycles. The molecule has 0 aliphatic carbocycles. The number of nitrogens with zero attached hydrogens (tertiary/aromatic N) is 1. The van der Waals surface area contributed by atoms with Crippen molar-refractivity contribution in [3.8, 4) is 0 Å². The predicted octanol–water partition coefficient (Wildman–Crippen LogP) is 3.70. The van der Waals surface area contributed by atoms with E-state index in [0.29, 0.717) is 6.54 Å². The van der Waals surface area contributed by atoms with Crippen LogP contribution in [0, 0.1) is 5.82 Å². The summed E-state index contributed by atoms with van der Waals surface area (Å²) in [6.45, 7) is 3.70. The Morgan fingerprint density at radius 3 is 2.53 bits per heavy atom. The molecule has 1 rings (SSSR count). The Labute approximate surface area is 112 Å². The van der Waals surface area contributed by atoms with E-state index in [4.69, 9.17) is 4.74 Å². The predicted molar refractivity (Wildman–Crippen MR) is 69.1 cm³/mol. The molecule has 106 valence electrons. The Morgan fingerprint density at radius 2 is 2.00 bits per heavy atom. The topological polar surface area (TPSA) is 29.5 Å². The highest BCUT2D eigenvalue weighted by Crippen LogP contribution is 2.21. The summed E-state index contributed by atoms with van der Waals surface area (Å²) in [7, 11) is 0. The molecule has 1 unspecified atom stereocenters. The molecule has 0 aliphatic heterocycles. The molecule has 0 heterocycles. The van der Waals surface area contributed by atoms with Crippen molar-refractivity contribution in [2.75, 3.05) is 19.8 Å². The number of carbonyl (C=O) groups is 1. The first-order valence-corrected chi connectivity index (χ1v) is 6.35. The summed E-state index contributed by atoms with van der Waals surface area (Å²) in [5, 5.41) is 0. The molecule has 5 heteroatoms. The third-order valence-corrected chi connectivity index (χ3v) is 2.90. The van der Waals surface area contributed by atoms with Crippen molar-refractivity contribution in [2.24, 2.45) is 0 Å². The highest BCUT2D eigenvalue weighted by Gasteiger charge is 2.21. The van der Waals surface area contributed by atoms with Crippen LogP contribution < -0.4 is 0 Å². The number of ether oxygens (including phenoxy) is 1. The molecule has 0 aromatic heterocycles. The first-order chi connectivity index (χ1) is 9.10. The first kappa shape index (κ1) is 15.4. The van der Waals surface area contributed by atoms with E-state index in [9.17, 15) is 13.6 Å². The van der Waals surface area contributed by atoms with E-state index in [2.05, 4.69) is 0 Å². The van der Waals surface area contributed by atoms with Crippen LogP contribution in [0.1, 0.15) is 31.9 Å². The number of benzene rings is 1. The zero-order valence-corrected chi connectivity index (χ0v) is 11.2. The average Bonchev–Trinajstić information content (AvgIpc) is 2.40. The van der Waals surface area contributed by atoms with Crippen LogP contribution in [-0.4, -0.2) is 30.8 Å². The highest BCUT2D eigenvalue weighted by molar-refractivity contribution is 5.68. The number of hydrogen-bond acceptors (Lipinski definition) is 2. The van der Waals surface area contributed by atoms with Gasteiger partial charge < -0.3 is 9.64 Å². The Morgan fingerprint density at radius 1 is 1.37 bits per heavy atom. The van der Waals surface area contributed by atoms with Crippen molar-refractivity contribution in [1.29, 1.82) is 0 Å². The lowest BCUT2D eigenvalue weighted by molar-refractivity contribution is 0.0885. The highest BCUT2D eigenvalue weighted by atomic mass is 19.1. The van der Waals surface area contributed by atoms with E-state index >= 15 is 0 Å². The van der Waals surface area contributed by atoms with Crippen molar-refractivity contribution in [3.05, 3.63) is 35.6 Å². The smallest absolute Gasteiger partial charge is 0.410 e. The number of alkyl halides is 1. The minimum absolute atomic E-state index is 0.0714. The van der Waals surface area contributed by atoms with Gasteiger partial charge in [-0.3, -0.25) is 4.39 Å². The first-order valence-electron chi connectivity index (χ1n) is 6.35. The average molecular weight is 271 g/mol. The molecule has 1 aromatic carbocycles. The summed E-state index contributed by atoms with van der Waals surface area (Å²) in [5.41, 5.74) is 0.825. The third kappa shape index (κ3) is 4.50. The molecule has 0 spiro atoms. The summed E-state index contributed by atoms with van der Waals surface area (Å²) in [6.07, 6.45) is -0.276. The van der Waals surface area contributed by atoms with Crippen LogP contribution in [0.25, 0.3) is 0 Å². The minimum atomic E-state index is -0.507. The van der Waals surface area contributed by atoms with Crippen LogP contribution in [0.5, 0.6) is 0 Å². The van der Waals surface area contributed by atoms with Crippen molar-refractivity contribution >= 4 is 6.09 Å². The Bertz CT molecular complexity index is 395. The molecule has 1 amide bonds. The maximum absolute atomic E-state index is 12.9. The summed E-state index contributed by atoms with van der Waals surface area (Å²) in [5.74, 6) is -0.315. The lowest BCUT2D eigenvalue weighted by Crippen LogP contribution is -2.34. The summed E-state index contributed by atoms with van der Waals surface area (Å²) >= 11 is 0. The van der Waals surface area contributed by atoms with Crippen LogP contribution in [-0.2, 0) is 4.74 Å². The molecule has 1 aromatic rings. The molecule has 0 fully saturated rings. The number of carbonyl (C=O) groups excluding carboxylic acids is 1. The van der Waals surface area contributed by atoms with Gasteiger partial charge in [0.25, 0.3) is 0 Å². The molecule has 0 N–H and O–H groups in total. The molecule has 0 aliphatic rings. The van der Waals surface area contributed by atoms with Gasteiger partial charge in [-0.1, -0.05) is 12.1 Å². The van der Waals surface area contributed by atoms with Gasteiger partial charge in [0.1, 0.15) is 5.82 Å². The fourth-order valence-electron chi connectivity index (χ4n) is 1.78. The standard InChI is InChI=1S/C14H19F2NO2/c1-3-17(14(18)19-10-4-9-15)11(2)12-5-7-13(16)8-6-12/h5-8,11H,3-4,9-10H2,1-2H3. The van der Waals surface area contributed by atoms with E-state index in [1.54, 1.807) is 12.1 Å². The summed E-state index contributed by atoms with van der Waals surface area (Å²) < 4.78 is 29.8. The zero-order valence-electron chi connectivity index (χ0n) is 11.2. The fraction of sp³-hybridized carbons (Fsp3) is 0.500. The summed E-state index contributed by atoms with van der Waals surface area (Å²) in [4.78, 5) is 13.4. The van der Waals surface area contributed by atoms with Crippen LogP contribution >= 0.6 is 0 Å². The third-order valence-electron chi connectivity index (χ3n) is 2.90. The lowest BCUT2D eigenvalue weighted by atomic mass is 10.1. The number of hydrogen-bond donors (Lipinski definition) is 0. The van der Waals surface area contributed by atoms with Gasteiger partial charge in [0.15, 0.2) is 0 Å². The molecule has 1 atom stereocenters. The van der Waals surface area contributed by atoms with E-state index in [1.165, 1.54) is 17.0 Å². The van der Waals surface area contributed by atoms with Gasteiger partial charge >= 0.3 is 6.09 Å². The van der Waals surface area contributed by atoms with E-state index in [0.717, 1.165) is 5.56 Å². The second-order valence-electron chi connectivity index (χ2n) is 4.17. The number of amides is 1. The lowest BCUT2D eigenvalue weighted by Gasteiger charge is -2.27. The minimum Gasteiger partial charge on any atom is -0.449 e. The van der Waals surface area contributed by atoms with Crippen molar-refractivity contribution < 1.29 is 18.3 Å². The molecule has 0 bridgehead atoms. The van der Waals surface area contributed by atoms with E-state index < -0.39 is 12.8 Å². The molecule has 19 heavy (non-hydrogen) atoms. The van der Waals surface area contributed by atoms with Crippen molar-refractivity contribution in [3.63, 3.8) is 0 Å². The van der Waals surface area contributed by atoms with Crippen LogP contribution in [0.3, 0.4) is 0 Å². The Balaban J connectivity index is 2.67. The largest absolute Gasteiger partial charge is 0.449 e. The van der Waals surface area contributed by atoms with Gasteiger partial charge in [0, 0.05) is 13.0 Å². The second-order valence-corrected chi connectivity index (χ2v) is 4.17. The molecular formula is C14H19F2NO2. The van der Waals surface area contributed by atoms with Gasteiger partial charge in [-0.25, -0.2) is 9.18 Å². The fourth-order valence-corrected chi connectivity index (χ4v) is 1.78. The van der Waals surface area contributed by atoms with Gasteiger partial charge in [-0.2, -0.15) is 0 Å². The maximum Gasteiger partial charge on any atom is 0.410 e. The second kappa shape index (κ2) is 7.71. The van der Waals surface area contributed by atoms with Crippen LogP contribution in [0.4, 0.5) is 13.6 Å². The molecular weight excluding hydrogens is 252 g/mol. The van der Waals surface area contributed by atoms with Crippen LogP contribution in [0.15, 0.2) is 24.3 Å². The monoisotopic (exact) mass is 271 g/mol. The zero-order chi connectivity index (χ0) is 14.3. The molecule has 0 radical (unpaired) electrons. The Hall–Kier alpha value is -1.65. The van der Waals surface area contributed by atoms with Crippen molar-refractivity contribution in [2.45, 2.75) is 26.3 Å². The number of halogens is 2. The van der Waals surface area contributed by atoms with Gasteiger partial charge in [-0.15, -0.1) is 0 Å². The molecule has 3 nitrogen and oxygen atoms in total.